The molecule has 134 valence electrons. The molecule has 1 fully saturated rings. The molecule has 0 unspecified atom stereocenters. The standard InChI is InChI=1S/C18H26N6O/c1-12-9-14(13-5-7-15(25-4)8-6-13)10-24(12)11-16-20-17(19)22-18(21-16)23(2)3/h5-8,12,14H,9-11H2,1-4H3,(H2,19,20,21,22)/t12-,14-/m1/s1. The lowest BCUT2D eigenvalue weighted by molar-refractivity contribution is 0.252. The predicted octanol–water partition coefficient (Wildman–Crippen LogP) is 1.91. The second-order valence-electron chi connectivity index (χ2n) is 6.79. The predicted molar refractivity (Wildman–Crippen MR) is 98.8 cm³/mol. The summed E-state index contributed by atoms with van der Waals surface area (Å²) in [7, 11) is 5.49. The van der Waals surface area contributed by atoms with E-state index in [4.69, 9.17) is 10.5 Å². The highest BCUT2D eigenvalue weighted by atomic mass is 16.5. The number of rotatable bonds is 5. The first-order valence-electron chi connectivity index (χ1n) is 8.52. The van der Waals surface area contributed by atoms with Gasteiger partial charge in [0.1, 0.15) is 11.6 Å². The molecule has 2 heterocycles. The number of likely N-dealkylation sites (tertiary alicyclic amines) is 1. The van der Waals surface area contributed by atoms with Crippen LogP contribution < -0.4 is 15.4 Å². The first-order valence-corrected chi connectivity index (χ1v) is 8.52. The number of nitrogens with zero attached hydrogens (tertiary/aromatic N) is 5. The number of nitrogens with two attached hydrogens (primary N) is 1. The minimum Gasteiger partial charge on any atom is -0.497 e. The number of hydrogen-bond donors (Lipinski definition) is 1. The van der Waals surface area contributed by atoms with Gasteiger partial charge in [0.2, 0.25) is 11.9 Å². The van der Waals surface area contributed by atoms with Gasteiger partial charge >= 0.3 is 0 Å². The third-order valence-electron chi connectivity index (χ3n) is 4.72. The van der Waals surface area contributed by atoms with Gasteiger partial charge in [0.05, 0.1) is 13.7 Å². The van der Waals surface area contributed by atoms with Gasteiger partial charge in [-0.3, -0.25) is 4.90 Å². The van der Waals surface area contributed by atoms with Gasteiger partial charge in [-0.05, 0) is 37.0 Å². The Morgan fingerprint density at radius 1 is 1.20 bits per heavy atom. The molecule has 1 aromatic carbocycles. The van der Waals surface area contributed by atoms with Gasteiger partial charge < -0.3 is 15.4 Å². The zero-order chi connectivity index (χ0) is 18.0. The van der Waals surface area contributed by atoms with Crippen LogP contribution in [0.3, 0.4) is 0 Å². The molecule has 25 heavy (non-hydrogen) atoms. The molecule has 0 aliphatic carbocycles. The lowest BCUT2D eigenvalue weighted by Crippen LogP contribution is -2.28. The van der Waals surface area contributed by atoms with Crippen LogP contribution in [0.1, 0.15) is 30.7 Å². The van der Waals surface area contributed by atoms with E-state index in [1.54, 1.807) is 7.11 Å². The van der Waals surface area contributed by atoms with Crippen LogP contribution in [0.4, 0.5) is 11.9 Å². The van der Waals surface area contributed by atoms with Crippen molar-refractivity contribution in [2.45, 2.75) is 31.8 Å². The second kappa shape index (κ2) is 7.23. The number of methoxy groups -OCH3 is 1. The number of ether oxygens (including phenoxy) is 1. The molecule has 3 rings (SSSR count). The molecule has 0 spiro atoms. The third kappa shape index (κ3) is 3.99. The van der Waals surface area contributed by atoms with Crippen LogP contribution in [0.25, 0.3) is 0 Å². The summed E-state index contributed by atoms with van der Waals surface area (Å²) in [6.45, 7) is 3.92. The van der Waals surface area contributed by atoms with E-state index in [-0.39, 0.29) is 5.95 Å². The Labute approximate surface area is 148 Å². The maximum absolute atomic E-state index is 5.83. The molecule has 0 bridgehead atoms. The fraction of sp³-hybridized carbons (Fsp3) is 0.500. The average Bonchev–Trinajstić information content (AvgIpc) is 2.95. The molecule has 1 saturated heterocycles. The molecule has 0 radical (unpaired) electrons. The number of anilines is 2. The Kier molecular flexibility index (Phi) is 5.03. The molecule has 1 aliphatic rings. The SMILES string of the molecule is COc1ccc([C@@H]2C[C@@H](C)N(Cc3nc(N)nc(N(C)C)n3)C2)cc1. The van der Waals surface area contributed by atoms with E-state index >= 15 is 0 Å². The molecule has 1 aromatic heterocycles. The zero-order valence-electron chi connectivity index (χ0n) is 15.3. The van der Waals surface area contributed by atoms with Crippen LogP contribution >= 0.6 is 0 Å². The van der Waals surface area contributed by atoms with Crippen LogP contribution in [0, 0.1) is 0 Å². The van der Waals surface area contributed by atoms with Crippen molar-refractivity contribution in [2.75, 3.05) is 38.4 Å². The number of aromatic nitrogens is 3. The van der Waals surface area contributed by atoms with E-state index in [2.05, 4.69) is 38.9 Å². The van der Waals surface area contributed by atoms with Crippen molar-refractivity contribution in [1.82, 2.24) is 19.9 Å². The van der Waals surface area contributed by atoms with E-state index < -0.39 is 0 Å². The molecule has 2 atom stereocenters. The second-order valence-corrected chi connectivity index (χ2v) is 6.79. The zero-order valence-corrected chi connectivity index (χ0v) is 15.3. The largest absolute Gasteiger partial charge is 0.497 e. The van der Waals surface area contributed by atoms with Crippen LogP contribution in [-0.2, 0) is 6.54 Å². The van der Waals surface area contributed by atoms with Gasteiger partial charge in [-0.25, -0.2) is 0 Å². The molecule has 0 saturated carbocycles. The lowest BCUT2D eigenvalue weighted by Gasteiger charge is -2.20. The highest BCUT2D eigenvalue weighted by Gasteiger charge is 2.30. The van der Waals surface area contributed by atoms with Crippen molar-refractivity contribution in [3.05, 3.63) is 35.7 Å². The number of nitrogen functional groups attached to an aromatic ring is 1. The highest BCUT2D eigenvalue weighted by molar-refractivity contribution is 5.33. The first-order chi connectivity index (χ1) is 12.0. The lowest BCUT2D eigenvalue weighted by atomic mass is 9.97. The van der Waals surface area contributed by atoms with Crippen LogP contribution in [-0.4, -0.2) is 53.6 Å². The molecular weight excluding hydrogens is 316 g/mol. The van der Waals surface area contributed by atoms with E-state index in [0.29, 0.717) is 24.5 Å². The van der Waals surface area contributed by atoms with Gasteiger partial charge in [-0.15, -0.1) is 0 Å². The minimum absolute atomic E-state index is 0.271. The van der Waals surface area contributed by atoms with Crippen LogP contribution in [0.5, 0.6) is 5.75 Å². The maximum Gasteiger partial charge on any atom is 0.229 e. The van der Waals surface area contributed by atoms with Crippen LogP contribution in [0.2, 0.25) is 0 Å². The summed E-state index contributed by atoms with van der Waals surface area (Å²) in [4.78, 5) is 17.2. The fourth-order valence-electron chi connectivity index (χ4n) is 3.31. The van der Waals surface area contributed by atoms with Gasteiger partial charge in [-0.1, -0.05) is 12.1 Å². The molecule has 7 heteroatoms. The van der Waals surface area contributed by atoms with Crippen molar-refractivity contribution in [2.24, 2.45) is 0 Å². The smallest absolute Gasteiger partial charge is 0.229 e. The molecular formula is C18H26N6O. The maximum atomic E-state index is 5.83. The summed E-state index contributed by atoms with van der Waals surface area (Å²) in [6, 6.07) is 8.83. The van der Waals surface area contributed by atoms with Gasteiger partial charge in [-0.2, -0.15) is 15.0 Å². The Hall–Kier alpha value is -2.41. The number of hydrogen-bond acceptors (Lipinski definition) is 7. The highest BCUT2D eigenvalue weighted by Crippen LogP contribution is 2.33. The summed E-state index contributed by atoms with van der Waals surface area (Å²) >= 11 is 0. The molecule has 2 aromatic rings. The summed E-state index contributed by atoms with van der Waals surface area (Å²) < 4.78 is 5.25. The minimum atomic E-state index is 0.271. The van der Waals surface area contributed by atoms with E-state index in [1.165, 1.54) is 5.56 Å². The fourth-order valence-corrected chi connectivity index (χ4v) is 3.31. The van der Waals surface area contributed by atoms with E-state index in [9.17, 15) is 0 Å². The Bertz CT molecular complexity index is 718. The summed E-state index contributed by atoms with van der Waals surface area (Å²) in [6.07, 6.45) is 1.12. The van der Waals surface area contributed by atoms with E-state index in [1.807, 2.05) is 31.1 Å². The van der Waals surface area contributed by atoms with Crippen molar-refractivity contribution in [3.63, 3.8) is 0 Å². The molecule has 0 amide bonds. The molecule has 1 aliphatic heterocycles. The molecule has 2 N–H and O–H groups in total. The normalized spacial score (nSPS) is 20.6. The topological polar surface area (TPSA) is 80.4 Å². The van der Waals surface area contributed by atoms with E-state index in [0.717, 1.165) is 24.5 Å². The molecule has 7 nitrogen and oxygen atoms in total. The third-order valence-corrected chi connectivity index (χ3v) is 4.72. The summed E-state index contributed by atoms with van der Waals surface area (Å²) in [5, 5.41) is 0. The Morgan fingerprint density at radius 2 is 1.92 bits per heavy atom. The monoisotopic (exact) mass is 342 g/mol. The van der Waals surface area contributed by atoms with Gasteiger partial charge in [0, 0.05) is 26.7 Å². The summed E-state index contributed by atoms with van der Waals surface area (Å²) in [5.41, 5.74) is 7.18. The average molecular weight is 342 g/mol. The van der Waals surface area contributed by atoms with Crippen LogP contribution in [0.15, 0.2) is 24.3 Å². The Balaban J connectivity index is 1.71. The first kappa shape index (κ1) is 17.4. The number of benzene rings is 1. The quantitative estimate of drug-likeness (QED) is 0.889. The Morgan fingerprint density at radius 3 is 2.56 bits per heavy atom. The van der Waals surface area contributed by atoms with Crippen molar-refractivity contribution in [3.8, 4) is 5.75 Å². The van der Waals surface area contributed by atoms with Crippen molar-refractivity contribution in [1.29, 1.82) is 0 Å². The van der Waals surface area contributed by atoms with Gasteiger partial charge in [0.25, 0.3) is 0 Å². The van der Waals surface area contributed by atoms with Gasteiger partial charge in [0.15, 0.2) is 0 Å². The summed E-state index contributed by atoms with van der Waals surface area (Å²) in [5.74, 6) is 2.99. The van der Waals surface area contributed by atoms with Crippen molar-refractivity contribution < 1.29 is 4.74 Å². The van der Waals surface area contributed by atoms with Crippen molar-refractivity contribution >= 4 is 11.9 Å².